The van der Waals surface area contributed by atoms with Crippen LogP contribution in [0.4, 0.5) is 0 Å². The Hall–Kier alpha value is -1.36. The minimum absolute atomic E-state index is 0.0338. The van der Waals surface area contributed by atoms with Crippen LogP contribution in [0, 0.1) is 5.92 Å². The summed E-state index contributed by atoms with van der Waals surface area (Å²) in [5.41, 5.74) is 5.47. The van der Waals surface area contributed by atoms with Crippen molar-refractivity contribution in [3.05, 3.63) is 18.2 Å². The van der Waals surface area contributed by atoms with Gasteiger partial charge in [0, 0.05) is 37.8 Å². The van der Waals surface area contributed by atoms with Crippen LogP contribution in [0.5, 0.6) is 0 Å². The third-order valence-electron chi connectivity index (χ3n) is 2.36. The van der Waals surface area contributed by atoms with Crippen molar-refractivity contribution in [3.8, 4) is 0 Å². The van der Waals surface area contributed by atoms with Gasteiger partial charge in [0.25, 0.3) is 0 Å². The van der Waals surface area contributed by atoms with Crippen molar-refractivity contribution >= 4 is 5.91 Å². The number of rotatable bonds is 6. The molecule has 0 aromatic carbocycles. The molecule has 84 valence electrons. The van der Waals surface area contributed by atoms with Crippen LogP contribution in [0.3, 0.4) is 0 Å². The first-order valence-corrected chi connectivity index (χ1v) is 5.24. The highest BCUT2D eigenvalue weighted by atomic mass is 16.1. The van der Waals surface area contributed by atoms with Crippen molar-refractivity contribution in [2.45, 2.75) is 19.8 Å². The van der Waals surface area contributed by atoms with Gasteiger partial charge in [-0.25, -0.2) is 4.98 Å². The van der Waals surface area contributed by atoms with E-state index in [1.807, 2.05) is 6.92 Å². The summed E-state index contributed by atoms with van der Waals surface area (Å²) < 4.78 is 0. The molecule has 15 heavy (non-hydrogen) atoms. The number of imidazole rings is 1. The molecule has 0 aliphatic heterocycles. The average Bonchev–Trinajstić information content (AvgIpc) is 2.72. The van der Waals surface area contributed by atoms with E-state index in [9.17, 15) is 4.79 Å². The van der Waals surface area contributed by atoms with Gasteiger partial charge in [-0.1, -0.05) is 6.92 Å². The Morgan fingerprint density at radius 2 is 2.53 bits per heavy atom. The minimum atomic E-state index is -0.0680. The van der Waals surface area contributed by atoms with E-state index >= 15 is 0 Å². The Labute approximate surface area is 89.5 Å². The molecule has 0 saturated carbocycles. The van der Waals surface area contributed by atoms with Gasteiger partial charge in [0.2, 0.25) is 5.91 Å². The highest BCUT2D eigenvalue weighted by molar-refractivity contribution is 5.78. The molecule has 1 atom stereocenters. The normalized spacial score (nSPS) is 12.4. The molecule has 1 heterocycles. The third kappa shape index (κ3) is 3.71. The number of aromatic nitrogens is 2. The van der Waals surface area contributed by atoms with Crippen molar-refractivity contribution in [2.75, 3.05) is 13.1 Å². The van der Waals surface area contributed by atoms with E-state index < -0.39 is 0 Å². The van der Waals surface area contributed by atoms with Crippen molar-refractivity contribution < 1.29 is 4.79 Å². The smallest absolute Gasteiger partial charge is 0.224 e. The molecule has 5 heteroatoms. The summed E-state index contributed by atoms with van der Waals surface area (Å²) in [6.07, 6.45) is 4.97. The van der Waals surface area contributed by atoms with Gasteiger partial charge >= 0.3 is 0 Å². The van der Waals surface area contributed by atoms with Crippen LogP contribution < -0.4 is 11.1 Å². The largest absolute Gasteiger partial charge is 0.355 e. The van der Waals surface area contributed by atoms with E-state index in [4.69, 9.17) is 5.73 Å². The fourth-order valence-corrected chi connectivity index (χ4v) is 1.34. The predicted molar refractivity (Wildman–Crippen MR) is 58.1 cm³/mol. The maximum absolute atomic E-state index is 11.5. The minimum Gasteiger partial charge on any atom is -0.355 e. The molecule has 1 aromatic rings. The maximum Gasteiger partial charge on any atom is 0.224 e. The van der Waals surface area contributed by atoms with Crippen molar-refractivity contribution in [2.24, 2.45) is 11.7 Å². The second-order valence-corrected chi connectivity index (χ2v) is 3.42. The van der Waals surface area contributed by atoms with Gasteiger partial charge in [-0.05, 0) is 6.42 Å². The molecule has 1 rings (SSSR count). The summed E-state index contributed by atoms with van der Waals surface area (Å²) in [4.78, 5) is 18.6. The van der Waals surface area contributed by atoms with Gasteiger partial charge in [0.05, 0.1) is 0 Å². The number of carbonyl (C=O) groups is 1. The Kier molecular flexibility index (Phi) is 4.83. The highest BCUT2D eigenvalue weighted by Gasteiger charge is 2.13. The van der Waals surface area contributed by atoms with Crippen LogP contribution in [0.2, 0.25) is 0 Å². The zero-order chi connectivity index (χ0) is 11.1. The molecule has 1 aromatic heterocycles. The molecule has 0 spiro atoms. The SMILES string of the molecule is CCC(CN)C(=O)NCCc1ncc[nH]1. The second-order valence-electron chi connectivity index (χ2n) is 3.42. The molecule has 0 fully saturated rings. The first-order valence-electron chi connectivity index (χ1n) is 5.24. The molecule has 0 aliphatic carbocycles. The maximum atomic E-state index is 11.5. The number of nitrogens with two attached hydrogens (primary N) is 1. The highest BCUT2D eigenvalue weighted by Crippen LogP contribution is 1.99. The van der Waals surface area contributed by atoms with Crippen molar-refractivity contribution in [1.82, 2.24) is 15.3 Å². The average molecular weight is 210 g/mol. The lowest BCUT2D eigenvalue weighted by molar-refractivity contribution is -0.124. The summed E-state index contributed by atoms with van der Waals surface area (Å²) in [6.45, 7) is 2.97. The molecular formula is C10H18N4O. The first kappa shape index (κ1) is 11.7. The molecule has 0 saturated heterocycles. The van der Waals surface area contributed by atoms with Crippen LogP contribution in [0.25, 0.3) is 0 Å². The first-order chi connectivity index (χ1) is 7.27. The van der Waals surface area contributed by atoms with Crippen LogP contribution in [-0.4, -0.2) is 29.0 Å². The summed E-state index contributed by atoms with van der Waals surface area (Å²) in [5, 5.41) is 2.84. The lowest BCUT2D eigenvalue weighted by Gasteiger charge is -2.11. The number of aromatic amines is 1. The summed E-state index contributed by atoms with van der Waals surface area (Å²) in [5.74, 6) is 0.851. The van der Waals surface area contributed by atoms with Crippen LogP contribution in [0.1, 0.15) is 19.2 Å². The van der Waals surface area contributed by atoms with Gasteiger partial charge in [-0.3, -0.25) is 4.79 Å². The van der Waals surface area contributed by atoms with Gasteiger partial charge in [-0.2, -0.15) is 0 Å². The molecule has 0 radical (unpaired) electrons. The predicted octanol–water partition coefficient (Wildman–Crippen LogP) is 0.0533. The number of hydrogen-bond acceptors (Lipinski definition) is 3. The Morgan fingerprint density at radius 1 is 1.73 bits per heavy atom. The van der Waals surface area contributed by atoms with E-state index in [1.165, 1.54) is 0 Å². The molecule has 1 amide bonds. The molecule has 5 nitrogen and oxygen atoms in total. The van der Waals surface area contributed by atoms with Gasteiger partial charge in [-0.15, -0.1) is 0 Å². The van der Waals surface area contributed by atoms with Crippen LogP contribution in [-0.2, 0) is 11.2 Å². The summed E-state index contributed by atoms with van der Waals surface area (Å²) in [7, 11) is 0. The topological polar surface area (TPSA) is 83.8 Å². The zero-order valence-electron chi connectivity index (χ0n) is 8.99. The van der Waals surface area contributed by atoms with Crippen LogP contribution in [0.15, 0.2) is 12.4 Å². The summed E-state index contributed by atoms with van der Waals surface area (Å²) in [6, 6.07) is 0. The molecule has 0 aliphatic rings. The lowest BCUT2D eigenvalue weighted by atomic mass is 10.1. The Bertz CT molecular complexity index is 280. The van der Waals surface area contributed by atoms with Gasteiger partial charge in [0.1, 0.15) is 5.82 Å². The Balaban J connectivity index is 2.22. The van der Waals surface area contributed by atoms with Crippen molar-refractivity contribution in [3.63, 3.8) is 0 Å². The summed E-state index contributed by atoms with van der Waals surface area (Å²) >= 11 is 0. The zero-order valence-corrected chi connectivity index (χ0v) is 8.99. The van der Waals surface area contributed by atoms with E-state index in [2.05, 4.69) is 15.3 Å². The van der Waals surface area contributed by atoms with Crippen LogP contribution >= 0.6 is 0 Å². The fraction of sp³-hybridized carbons (Fsp3) is 0.600. The van der Waals surface area contributed by atoms with E-state index in [0.29, 0.717) is 13.1 Å². The second kappa shape index (κ2) is 6.19. The number of carbonyl (C=O) groups excluding carboxylic acids is 1. The van der Waals surface area contributed by atoms with E-state index in [0.717, 1.165) is 18.7 Å². The molecule has 4 N–H and O–H groups in total. The Morgan fingerprint density at radius 3 is 3.07 bits per heavy atom. The van der Waals surface area contributed by atoms with E-state index in [1.54, 1.807) is 12.4 Å². The third-order valence-corrected chi connectivity index (χ3v) is 2.36. The van der Waals surface area contributed by atoms with Crippen molar-refractivity contribution in [1.29, 1.82) is 0 Å². The van der Waals surface area contributed by atoms with Gasteiger partial charge in [0.15, 0.2) is 0 Å². The number of nitrogens with zero attached hydrogens (tertiary/aromatic N) is 1. The quantitative estimate of drug-likeness (QED) is 0.620. The molecule has 1 unspecified atom stereocenters. The molecule has 0 bridgehead atoms. The fourth-order valence-electron chi connectivity index (χ4n) is 1.34. The number of hydrogen-bond donors (Lipinski definition) is 3. The van der Waals surface area contributed by atoms with Gasteiger partial charge < -0.3 is 16.0 Å². The number of amides is 1. The monoisotopic (exact) mass is 210 g/mol. The standard InChI is InChI=1S/C10H18N4O/c1-2-8(7-11)10(15)14-4-3-9-12-5-6-13-9/h5-6,8H,2-4,7,11H2,1H3,(H,12,13)(H,14,15). The lowest BCUT2D eigenvalue weighted by Crippen LogP contribution is -2.35. The number of H-pyrrole nitrogens is 1. The molecular weight excluding hydrogens is 192 g/mol. The number of nitrogens with one attached hydrogen (secondary N) is 2. The van der Waals surface area contributed by atoms with E-state index in [-0.39, 0.29) is 11.8 Å².